The molecule has 2 rings (SSSR count). The summed E-state index contributed by atoms with van der Waals surface area (Å²) in [7, 11) is 0. The molecule has 14 heavy (non-hydrogen) atoms. The van der Waals surface area contributed by atoms with Crippen molar-refractivity contribution >= 4 is 5.91 Å². The van der Waals surface area contributed by atoms with Gasteiger partial charge in [-0.25, -0.2) is 0 Å². The smallest absolute Gasteiger partial charge is 0.247 e. The fourth-order valence-electron chi connectivity index (χ4n) is 2.86. The van der Waals surface area contributed by atoms with E-state index < -0.39 is 12.0 Å². The number of aliphatic hydroxyl groups is 1. The second-order valence-electron chi connectivity index (χ2n) is 4.61. The number of rotatable bonds is 4. The molecular weight excluding hydrogens is 180 g/mol. The van der Waals surface area contributed by atoms with Gasteiger partial charge in [0, 0.05) is 12.6 Å². The third kappa shape index (κ3) is 1.91. The van der Waals surface area contributed by atoms with E-state index in [0.717, 1.165) is 11.8 Å². The van der Waals surface area contributed by atoms with E-state index in [9.17, 15) is 9.90 Å². The standard InChI is InChI=1S/C10H18N2O2/c11-10(14)9(13)5-12-8-4-6-1-2-7(8)3-6/h6-9,12-13H,1-5H2,(H2,11,14). The molecule has 0 aromatic rings. The highest BCUT2D eigenvalue weighted by atomic mass is 16.3. The highest BCUT2D eigenvalue weighted by Gasteiger charge is 2.39. The number of hydrogen-bond acceptors (Lipinski definition) is 3. The lowest BCUT2D eigenvalue weighted by Gasteiger charge is -2.23. The van der Waals surface area contributed by atoms with Crippen LogP contribution in [-0.2, 0) is 4.79 Å². The molecule has 0 radical (unpaired) electrons. The van der Waals surface area contributed by atoms with Crippen LogP contribution in [0.5, 0.6) is 0 Å². The molecule has 80 valence electrons. The molecule has 4 unspecified atom stereocenters. The van der Waals surface area contributed by atoms with Crippen LogP contribution in [0.4, 0.5) is 0 Å². The van der Waals surface area contributed by atoms with Gasteiger partial charge in [-0.2, -0.15) is 0 Å². The number of aliphatic hydroxyl groups excluding tert-OH is 1. The van der Waals surface area contributed by atoms with Crippen LogP contribution < -0.4 is 11.1 Å². The molecule has 2 fully saturated rings. The highest BCUT2D eigenvalue weighted by molar-refractivity contribution is 5.78. The van der Waals surface area contributed by atoms with E-state index in [0.29, 0.717) is 12.6 Å². The molecule has 0 aliphatic heterocycles. The zero-order valence-corrected chi connectivity index (χ0v) is 8.28. The summed E-state index contributed by atoms with van der Waals surface area (Å²) in [6, 6.07) is 0.503. The fourth-order valence-corrected chi connectivity index (χ4v) is 2.86. The third-order valence-electron chi connectivity index (χ3n) is 3.64. The van der Waals surface area contributed by atoms with Crippen molar-refractivity contribution < 1.29 is 9.90 Å². The van der Waals surface area contributed by atoms with Crippen LogP contribution in [0.3, 0.4) is 0 Å². The molecule has 2 aliphatic carbocycles. The molecule has 4 atom stereocenters. The minimum absolute atomic E-state index is 0.309. The maximum absolute atomic E-state index is 10.6. The SMILES string of the molecule is NC(=O)C(O)CNC1CC2CCC1C2. The van der Waals surface area contributed by atoms with Gasteiger partial charge in [0.15, 0.2) is 0 Å². The van der Waals surface area contributed by atoms with Gasteiger partial charge < -0.3 is 16.2 Å². The first-order chi connectivity index (χ1) is 6.66. The summed E-state index contributed by atoms with van der Waals surface area (Å²) >= 11 is 0. The van der Waals surface area contributed by atoms with Crippen molar-refractivity contribution in [3.63, 3.8) is 0 Å². The van der Waals surface area contributed by atoms with Crippen LogP contribution in [0, 0.1) is 11.8 Å². The zero-order chi connectivity index (χ0) is 10.1. The molecule has 2 bridgehead atoms. The Labute approximate surface area is 83.9 Å². The first kappa shape index (κ1) is 9.93. The Kier molecular flexibility index (Phi) is 2.74. The van der Waals surface area contributed by atoms with Crippen molar-refractivity contribution in [3.8, 4) is 0 Å². The van der Waals surface area contributed by atoms with Crippen LogP contribution >= 0.6 is 0 Å². The van der Waals surface area contributed by atoms with Crippen molar-refractivity contribution in [1.29, 1.82) is 0 Å². The number of primary amides is 1. The van der Waals surface area contributed by atoms with Gasteiger partial charge >= 0.3 is 0 Å². The van der Waals surface area contributed by atoms with E-state index in [-0.39, 0.29) is 0 Å². The van der Waals surface area contributed by atoms with E-state index in [1.807, 2.05) is 0 Å². The van der Waals surface area contributed by atoms with Crippen molar-refractivity contribution in [3.05, 3.63) is 0 Å². The quantitative estimate of drug-likeness (QED) is 0.576. The number of nitrogens with one attached hydrogen (secondary N) is 1. The molecule has 0 aromatic carbocycles. The molecule has 0 spiro atoms. The summed E-state index contributed by atoms with van der Waals surface area (Å²) in [6.45, 7) is 0.309. The van der Waals surface area contributed by atoms with Gasteiger partial charge in [0.1, 0.15) is 6.10 Å². The summed E-state index contributed by atoms with van der Waals surface area (Å²) in [6.07, 6.45) is 4.16. The molecule has 1 amide bonds. The molecule has 0 aromatic heterocycles. The third-order valence-corrected chi connectivity index (χ3v) is 3.64. The average Bonchev–Trinajstić information content (AvgIpc) is 2.74. The summed E-state index contributed by atoms with van der Waals surface area (Å²) in [5.41, 5.74) is 4.97. The van der Waals surface area contributed by atoms with Crippen molar-refractivity contribution in [1.82, 2.24) is 5.32 Å². The van der Waals surface area contributed by atoms with Gasteiger partial charge in [-0.05, 0) is 31.1 Å². The molecule has 2 aliphatic rings. The molecule has 4 nitrogen and oxygen atoms in total. The summed E-state index contributed by atoms with van der Waals surface area (Å²) < 4.78 is 0. The first-order valence-electron chi connectivity index (χ1n) is 5.37. The first-order valence-corrected chi connectivity index (χ1v) is 5.37. The van der Waals surface area contributed by atoms with Crippen LogP contribution in [0.25, 0.3) is 0 Å². The molecule has 0 heterocycles. The predicted molar refractivity (Wildman–Crippen MR) is 52.4 cm³/mol. The van der Waals surface area contributed by atoms with Crippen LogP contribution in [0.2, 0.25) is 0 Å². The lowest BCUT2D eigenvalue weighted by Crippen LogP contribution is -2.43. The van der Waals surface area contributed by atoms with E-state index >= 15 is 0 Å². The van der Waals surface area contributed by atoms with Gasteiger partial charge in [-0.1, -0.05) is 6.42 Å². The summed E-state index contributed by atoms with van der Waals surface area (Å²) in [5, 5.41) is 12.5. The normalized spacial score (nSPS) is 37.4. The van der Waals surface area contributed by atoms with Crippen LogP contribution in [0.15, 0.2) is 0 Å². The lowest BCUT2D eigenvalue weighted by molar-refractivity contribution is -0.125. The maximum atomic E-state index is 10.6. The van der Waals surface area contributed by atoms with Gasteiger partial charge in [-0.3, -0.25) is 4.79 Å². The van der Waals surface area contributed by atoms with Gasteiger partial charge in [0.05, 0.1) is 0 Å². The molecule has 4 heteroatoms. The molecule has 0 saturated heterocycles. The number of hydrogen-bond donors (Lipinski definition) is 3. The summed E-state index contributed by atoms with van der Waals surface area (Å²) in [5.74, 6) is 1.00. The minimum Gasteiger partial charge on any atom is -0.382 e. The van der Waals surface area contributed by atoms with Crippen molar-refractivity contribution in [2.75, 3.05) is 6.54 Å². The Morgan fingerprint density at radius 2 is 2.29 bits per heavy atom. The number of carbonyl (C=O) groups is 1. The molecular formula is C10H18N2O2. The van der Waals surface area contributed by atoms with Gasteiger partial charge in [0.2, 0.25) is 5.91 Å². The fraction of sp³-hybridized carbons (Fsp3) is 0.900. The number of amides is 1. The summed E-state index contributed by atoms with van der Waals surface area (Å²) in [4.78, 5) is 10.6. The second kappa shape index (κ2) is 3.87. The Balaban J connectivity index is 1.74. The Hall–Kier alpha value is -0.610. The largest absolute Gasteiger partial charge is 0.382 e. The Morgan fingerprint density at radius 1 is 1.50 bits per heavy atom. The monoisotopic (exact) mass is 198 g/mol. The predicted octanol–water partition coefficient (Wildman–Crippen LogP) is -0.389. The van der Waals surface area contributed by atoms with Gasteiger partial charge in [0.25, 0.3) is 0 Å². The highest BCUT2D eigenvalue weighted by Crippen LogP contribution is 2.44. The van der Waals surface area contributed by atoms with Crippen LogP contribution in [0.1, 0.15) is 25.7 Å². The number of fused-ring (bicyclic) bond motifs is 2. The Bertz CT molecular complexity index is 232. The lowest BCUT2D eigenvalue weighted by atomic mass is 9.95. The minimum atomic E-state index is -1.03. The van der Waals surface area contributed by atoms with Crippen LogP contribution in [-0.4, -0.2) is 29.7 Å². The topological polar surface area (TPSA) is 75.4 Å². The maximum Gasteiger partial charge on any atom is 0.247 e. The number of carbonyl (C=O) groups excluding carboxylic acids is 1. The average molecular weight is 198 g/mol. The van der Waals surface area contributed by atoms with E-state index in [1.165, 1.54) is 25.7 Å². The Morgan fingerprint density at radius 3 is 2.79 bits per heavy atom. The second-order valence-corrected chi connectivity index (χ2v) is 4.61. The molecule has 4 N–H and O–H groups in total. The van der Waals surface area contributed by atoms with E-state index in [4.69, 9.17) is 5.73 Å². The van der Waals surface area contributed by atoms with Gasteiger partial charge in [-0.15, -0.1) is 0 Å². The van der Waals surface area contributed by atoms with E-state index in [2.05, 4.69) is 5.32 Å². The van der Waals surface area contributed by atoms with Crippen molar-refractivity contribution in [2.45, 2.75) is 37.8 Å². The zero-order valence-electron chi connectivity index (χ0n) is 8.28. The molecule has 2 saturated carbocycles. The van der Waals surface area contributed by atoms with Crippen molar-refractivity contribution in [2.24, 2.45) is 17.6 Å². The van der Waals surface area contributed by atoms with E-state index in [1.54, 1.807) is 0 Å². The number of nitrogens with two attached hydrogens (primary N) is 1.